The van der Waals surface area contributed by atoms with Crippen molar-refractivity contribution in [1.29, 1.82) is 0 Å². The number of nitrogens with zero attached hydrogens (tertiary/aromatic N) is 1. The molecule has 0 saturated heterocycles. The average molecular weight is 481 g/mol. The third-order valence-electron chi connectivity index (χ3n) is 6.62. The second-order valence-electron chi connectivity index (χ2n) is 9.17. The van der Waals surface area contributed by atoms with Gasteiger partial charge in [0.1, 0.15) is 6.04 Å². The highest BCUT2D eigenvalue weighted by atomic mass is 32.2. The van der Waals surface area contributed by atoms with Gasteiger partial charge in [0.2, 0.25) is 17.7 Å². The van der Waals surface area contributed by atoms with Crippen LogP contribution in [0.2, 0.25) is 0 Å². The van der Waals surface area contributed by atoms with Gasteiger partial charge in [0.05, 0.1) is 11.7 Å². The Morgan fingerprint density at radius 1 is 1.09 bits per heavy atom. The summed E-state index contributed by atoms with van der Waals surface area (Å²) in [6, 6.07) is 13.4. The highest BCUT2D eigenvalue weighted by Crippen LogP contribution is 2.37. The molecule has 1 fully saturated rings. The van der Waals surface area contributed by atoms with E-state index in [4.69, 9.17) is 11.5 Å². The van der Waals surface area contributed by atoms with E-state index in [1.54, 1.807) is 17.0 Å². The topological polar surface area (TPSA) is 119 Å². The number of anilines is 1. The fourth-order valence-corrected chi connectivity index (χ4v) is 5.77. The van der Waals surface area contributed by atoms with Gasteiger partial charge in [-0.25, -0.2) is 0 Å². The Bertz CT molecular complexity index is 1040. The molecule has 0 bridgehead atoms. The summed E-state index contributed by atoms with van der Waals surface area (Å²) >= 11 is 1.50. The van der Waals surface area contributed by atoms with Crippen LogP contribution in [0.25, 0.3) is 0 Å². The van der Waals surface area contributed by atoms with Crippen LogP contribution in [-0.2, 0) is 16.0 Å². The third-order valence-corrected chi connectivity index (χ3v) is 7.78. The number of nitrogens with two attached hydrogens (primary N) is 2. The summed E-state index contributed by atoms with van der Waals surface area (Å²) in [7, 11) is 0. The van der Waals surface area contributed by atoms with Crippen molar-refractivity contribution < 1.29 is 14.4 Å². The second-order valence-corrected chi connectivity index (χ2v) is 10.2. The van der Waals surface area contributed by atoms with E-state index >= 15 is 0 Å². The number of amides is 3. The van der Waals surface area contributed by atoms with Crippen molar-refractivity contribution in [2.24, 2.45) is 17.4 Å². The van der Waals surface area contributed by atoms with Gasteiger partial charge in [-0.15, -0.1) is 11.8 Å². The Morgan fingerprint density at radius 2 is 1.82 bits per heavy atom. The van der Waals surface area contributed by atoms with Gasteiger partial charge in [-0.2, -0.15) is 0 Å². The van der Waals surface area contributed by atoms with Crippen LogP contribution in [-0.4, -0.2) is 42.1 Å². The van der Waals surface area contributed by atoms with Crippen molar-refractivity contribution >= 4 is 35.2 Å². The molecule has 34 heavy (non-hydrogen) atoms. The van der Waals surface area contributed by atoms with E-state index in [2.05, 4.69) is 5.32 Å². The Kier molecular flexibility index (Phi) is 7.90. The van der Waals surface area contributed by atoms with Crippen LogP contribution >= 0.6 is 11.8 Å². The molecule has 0 unspecified atom stereocenters. The molecule has 2 atom stereocenters. The molecule has 7 nitrogen and oxygen atoms in total. The monoisotopic (exact) mass is 480 g/mol. The summed E-state index contributed by atoms with van der Waals surface area (Å²) in [5, 5.41) is 2.90. The number of primary amides is 1. The van der Waals surface area contributed by atoms with Gasteiger partial charge in [-0.05, 0) is 48.9 Å². The standard InChI is InChI=1S/C26H32N4O3S/c27-20(13-17-7-3-1-4-8-17)25(32)29-21-16-34-23-12-11-19(24(28)31)14-22(23)30(26(21)33)15-18-9-5-2-6-10-18/h1,3-4,7-8,11-12,14,18,20-21H,2,5-6,9-10,13,15-16,27H2,(H2,28,31)(H,29,32)/t20-,21+/m0/s1. The number of nitrogens with one attached hydrogen (secondary N) is 1. The number of carbonyl (C=O) groups is 3. The van der Waals surface area contributed by atoms with Gasteiger partial charge in [-0.3, -0.25) is 14.4 Å². The number of benzene rings is 2. The van der Waals surface area contributed by atoms with E-state index in [9.17, 15) is 14.4 Å². The maximum Gasteiger partial charge on any atom is 0.250 e. The predicted octanol–water partition coefficient (Wildman–Crippen LogP) is 2.86. The van der Waals surface area contributed by atoms with Crippen molar-refractivity contribution in [3.05, 3.63) is 59.7 Å². The molecule has 1 aliphatic heterocycles. The van der Waals surface area contributed by atoms with E-state index in [0.29, 0.717) is 35.9 Å². The molecule has 2 aromatic rings. The molecule has 0 aromatic heterocycles. The number of thioether (sulfide) groups is 1. The number of hydrogen-bond acceptors (Lipinski definition) is 5. The number of rotatable bonds is 7. The van der Waals surface area contributed by atoms with Crippen molar-refractivity contribution in [2.45, 2.75) is 55.5 Å². The van der Waals surface area contributed by atoms with Gasteiger partial charge in [0.15, 0.2) is 0 Å². The molecule has 5 N–H and O–H groups in total. The lowest BCUT2D eigenvalue weighted by Gasteiger charge is -2.32. The summed E-state index contributed by atoms with van der Waals surface area (Å²) in [4.78, 5) is 41.1. The minimum Gasteiger partial charge on any atom is -0.366 e. The molecule has 3 amide bonds. The van der Waals surface area contributed by atoms with E-state index in [-0.39, 0.29) is 11.8 Å². The van der Waals surface area contributed by atoms with E-state index in [1.165, 1.54) is 18.2 Å². The van der Waals surface area contributed by atoms with E-state index < -0.39 is 18.0 Å². The first kappa shape index (κ1) is 24.3. The lowest BCUT2D eigenvalue weighted by molar-refractivity contribution is -0.127. The largest absolute Gasteiger partial charge is 0.366 e. The molecule has 180 valence electrons. The summed E-state index contributed by atoms with van der Waals surface area (Å²) in [5.74, 6) is -0.253. The van der Waals surface area contributed by atoms with Crippen molar-refractivity contribution in [2.75, 3.05) is 17.2 Å². The first-order chi connectivity index (χ1) is 16.4. The third kappa shape index (κ3) is 5.80. The SMILES string of the molecule is NC(=O)c1ccc2c(c1)N(CC1CCCCC1)C(=O)[C@H](NC(=O)[C@@H](N)Cc1ccccc1)CS2. The van der Waals surface area contributed by atoms with Crippen molar-refractivity contribution in [1.82, 2.24) is 5.32 Å². The normalized spacial score (nSPS) is 19.7. The van der Waals surface area contributed by atoms with Gasteiger partial charge in [0, 0.05) is 22.8 Å². The molecular formula is C26H32N4O3S. The van der Waals surface area contributed by atoms with Gasteiger partial charge >= 0.3 is 0 Å². The zero-order chi connectivity index (χ0) is 24.1. The molecule has 8 heteroatoms. The maximum atomic E-state index is 13.7. The number of hydrogen-bond donors (Lipinski definition) is 3. The Hall–Kier alpha value is -2.84. The predicted molar refractivity (Wildman–Crippen MR) is 135 cm³/mol. The highest BCUT2D eigenvalue weighted by Gasteiger charge is 2.34. The lowest BCUT2D eigenvalue weighted by Crippen LogP contribution is -2.54. The van der Waals surface area contributed by atoms with Gasteiger partial charge in [0.25, 0.3) is 0 Å². The zero-order valence-electron chi connectivity index (χ0n) is 19.2. The first-order valence-electron chi connectivity index (χ1n) is 11.9. The Morgan fingerprint density at radius 3 is 2.53 bits per heavy atom. The zero-order valence-corrected chi connectivity index (χ0v) is 20.1. The van der Waals surface area contributed by atoms with Crippen LogP contribution in [0.1, 0.15) is 48.0 Å². The van der Waals surface area contributed by atoms with Crippen LogP contribution in [0, 0.1) is 5.92 Å². The number of carbonyl (C=O) groups excluding carboxylic acids is 3. The van der Waals surface area contributed by atoms with Crippen LogP contribution < -0.4 is 21.7 Å². The first-order valence-corrected chi connectivity index (χ1v) is 12.9. The highest BCUT2D eigenvalue weighted by molar-refractivity contribution is 7.99. The summed E-state index contributed by atoms with van der Waals surface area (Å²) < 4.78 is 0. The van der Waals surface area contributed by atoms with Crippen LogP contribution in [0.5, 0.6) is 0 Å². The molecule has 1 saturated carbocycles. The van der Waals surface area contributed by atoms with Gasteiger partial charge in [-0.1, -0.05) is 49.6 Å². The lowest BCUT2D eigenvalue weighted by atomic mass is 9.88. The molecule has 2 aromatic carbocycles. The van der Waals surface area contributed by atoms with Crippen molar-refractivity contribution in [3.63, 3.8) is 0 Å². The maximum absolute atomic E-state index is 13.7. The minimum atomic E-state index is -0.751. The van der Waals surface area contributed by atoms with Gasteiger partial charge < -0.3 is 21.7 Å². The summed E-state index contributed by atoms with van der Waals surface area (Å²) in [6.45, 7) is 0.567. The van der Waals surface area contributed by atoms with Crippen LogP contribution in [0.3, 0.4) is 0 Å². The smallest absolute Gasteiger partial charge is 0.250 e. The van der Waals surface area contributed by atoms with E-state index in [0.717, 1.165) is 36.1 Å². The molecule has 0 radical (unpaired) electrons. The van der Waals surface area contributed by atoms with Crippen LogP contribution in [0.15, 0.2) is 53.4 Å². The molecular weight excluding hydrogens is 448 g/mol. The second kappa shape index (κ2) is 11.1. The molecule has 1 aliphatic carbocycles. The average Bonchev–Trinajstić information content (AvgIpc) is 2.97. The van der Waals surface area contributed by atoms with Crippen molar-refractivity contribution in [3.8, 4) is 0 Å². The molecule has 2 aliphatic rings. The minimum absolute atomic E-state index is 0.168. The molecule has 0 spiro atoms. The molecule has 1 heterocycles. The Balaban J connectivity index is 1.54. The summed E-state index contributed by atoms with van der Waals surface area (Å²) in [5.41, 5.74) is 13.7. The van der Waals surface area contributed by atoms with E-state index in [1.807, 2.05) is 36.4 Å². The Labute approximate surface area is 204 Å². The fraction of sp³-hybridized carbons (Fsp3) is 0.423. The number of fused-ring (bicyclic) bond motifs is 1. The van der Waals surface area contributed by atoms with Crippen LogP contribution in [0.4, 0.5) is 5.69 Å². The molecule has 4 rings (SSSR count). The fourth-order valence-electron chi connectivity index (χ4n) is 4.71. The quantitative estimate of drug-likeness (QED) is 0.563. The summed E-state index contributed by atoms with van der Waals surface area (Å²) in [6.07, 6.45) is 6.07.